The largest absolute Gasteiger partial charge is 0.446 e. The van der Waals surface area contributed by atoms with Crippen LogP contribution in [-0.4, -0.2) is 29.4 Å². The monoisotopic (exact) mass is 418 g/mol. The fourth-order valence-electron chi connectivity index (χ4n) is 2.17. The molecule has 0 bridgehead atoms. The molecule has 1 aromatic carbocycles. The van der Waals surface area contributed by atoms with Crippen LogP contribution in [0, 0.1) is 0 Å². The molecule has 0 unspecified atom stereocenters. The molecule has 2 aromatic heterocycles. The normalized spacial score (nSPS) is 11.9. The number of nitrogens with zero attached hydrogens (tertiary/aromatic N) is 4. The molecule has 3 aromatic rings. The van der Waals surface area contributed by atoms with Gasteiger partial charge in [-0.05, 0) is 25.1 Å². The van der Waals surface area contributed by atoms with Crippen LogP contribution in [0.25, 0.3) is 11.6 Å². The Labute approximate surface area is 157 Å². The van der Waals surface area contributed by atoms with Crippen LogP contribution in [0.15, 0.2) is 39.4 Å². The highest BCUT2D eigenvalue weighted by atomic mass is 35.5. The topological polar surface area (TPSA) is 102 Å². The van der Waals surface area contributed by atoms with Crippen molar-refractivity contribution in [1.82, 2.24) is 15.2 Å². The number of hydrogen-bond acceptors (Lipinski definition) is 7. The maximum Gasteiger partial charge on any atom is 0.314 e. The van der Waals surface area contributed by atoms with Crippen molar-refractivity contribution in [2.75, 3.05) is 10.1 Å². The van der Waals surface area contributed by atoms with Crippen LogP contribution in [-0.2, 0) is 16.6 Å². The van der Waals surface area contributed by atoms with Crippen molar-refractivity contribution in [3.8, 4) is 11.6 Å². The lowest BCUT2D eigenvalue weighted by Gasteiger charge is -2.22. The maximum atomic E-state index is 12.5. The summed E-state index contributed by atoms with van der Waals surface area (Å²) in [4.78, 5) is 4.04. The average Bonchev–Trinajstić information content (AvgIpc) is 3.28. The minimum Gasteiger partial charge on any atom is -0.446 e. The summed E-state index contributed by atoms with van der Waals surface area (Å²) in [5.74, 6) is -1.25. The second-order valence-electron chi connectivity index (χ2n) is 5.26. The van der Waals surface area contributed by atoms with Crippen molar-refractivity contribution in [2.45, 2.75) is 19.9 Å². The number of oxazole rings is 1. The minimum atomic E-state index is -3.67. The number of benzene rings is 1. The number of sulfonamides is 1. The van der Waals surface area contributed by atoms with Gasteiger partial charge in [-0.1, -0.05) is 17.7 Å². The maximum absolute atomic E-state index is 12.5. The molecule has 0 aliphatic rings. The molecule has 0 fully saturated rings. The van der Waals surface area contributed by atoms with E-state index in [1.165, 1.54) is 13.0 Å². The molecule has 2 heterocycles. The molecule has 0 amide bonds. The third-order valence-electron chi connectivity index (χ3n) is 3.47. The molecule has 27 heavy (non-hydrogen) atoms. The lowest BCUT2D eigenvalue weighted by Crippen LogP contribution is -2.32. The molecule has 3 rings (SSSR count). The third-order valence-corrected chi connectivity index (χ3v) is 5.45. The lowest BCUT2D eigenvalue weighted by atomic mass is 10.3. The predicted molar refractivity (Wildman–Crippen MR) is 91.8 cm³/mol. The number of rotatable bonds is 7. The van der Waals surface area contributed by atoms with Gasteiger partial charge in [-0.2, -0.15) is 8.78 Å². The Balaban J connectivity index is 1.89. The quantitative estimate of drug-likeness (QED) is 0.576. The smallest absolute Gasteiger partial charge is 0.314 e. The van der Waals surface area contributed by atoms with Crippen molar-refractivity contribution in [3.63, 3.8) is 0 Å². The Kier molecular flexibility index (Phi) is 5.42. The van der Waals surface area contributed by atoms with Gasteiger partial charge >= 0.3 is 6.43 Å². The highest BCUT2D eigenvalue weighted by Crippen LogP contribution is 2.26. The SMILES string of the molecule is CCS(=O)(=O)N(Cc1nc(-c2nnc(C(F)F)o2)co1)c1cccc(Cl)c1. The van der Waals surface area contributed by atoms with Crippen LogP contribution in [0.2, 0.25) is 5.02 Å². The summed E-state index contributed by atoms with van der Waals surface area (Å²) in [6, 6.07) is 6.30. The summed E-state index contributed by atoms with van der Waals surface area (Å²) in [6.45, 7) is 1.27. The first-order valence-electron chi connectivity index (χ1n) is 7.62. The minimum absolute atomic E-state index is 0.0128. The summed E-state index contributed by atoms with van der Waals surface area (Å²) in [5.41, 5.74) is 0.353. The van der Waals surface area contributed by atoms with Gasteiger partial charge in [0.1, 0.15) is 12.8 Å². The first kappa shape index (κ1) is 19.2. The zero-order valence-electron chi connectivity index (χ0n) is 13.8. The van der Waals surface area contributed by atoms with Crippen LogP contribution in [0.5, 0.6) is 0 Å². The fourth-order valence-corrected chi connectivity index (χ4v) is 3.41. The molecule has 12 heteroatoms. The predicted octanol–water partition coefficient (Wildman–Crippen LogP) is 3.67. The second-order valence-corrected chi connectivity index (χ2v) is 7.88. The Bertz CT molecular complexity index is 1040. The molecule has 0 saturated carbocycles. The van der Waals surface area contributed by atoms with Crippen molar-refractivity contribution < 1.29 is 26.0 Å². The molecule has 8 nitrogen and oxygen atoms in total. The van der Waals surface area contributed by atoms with Crippen LogP contribution >= 0.6 is 11.6 Å². The van der Waals surface area contributed by atoms with Crippen LogP contribution in [0.4, 0.5) is 14.5 Å². The Morgan fingerprint density at radius 1 is 1.30 bits per heavy atom. The number of aromatic nitrogens is 3. The van der Waals surface area contributed by atoms with Crippen molar-refractivity contribution >= 4 is 27.3 Å². The van der Waals surface area contributed by atoms with Crippen molar-refractivity contribution in [1.29, 1.82) is 0 Å². The van der Waals surface area contributed by atoms with E-state index in [4.69, 9.17) is 20.4 Å². The average molecular weight is 419 g/mol. The Morgan fingerprint density at radius 3 is 2.70 bits per heavy atom. The van der Waals surface area contributed by atoms with Gasteiger partial charge in [0.15, 0.2) is 5.69 Å². The van der Waals surface area contributed by atoms with E-state index in [9.17, 15) is 17.2 Å². The van der Waals surface area contributed by atoms with Gasteiger partial charge in [0.2, 0.25) is 15.9 Å². The molecule has 0 atom stereocenters. The molecule has 0 saturated heterocycles. The van der Waals surface area contributed by atoms with Crippen LogP contribution < -0.4 is 4.31 Å². The van der Waals surface area contributed by atoms with E-state index in [0.29, 0.717) is 10.7 Å². The molecule has 0 aliphatic heterocycles. The van der Waals surface area contributed by atoms with Gasteiger partial charge in [-0.25, -0.2) is 13.4 Å². The van der Waals surface area contributed by atoms with Gasteiger partial charge in [-0.15, -0.1) is 10.2 Å². The van der Waals surface area contributed by atoms with Crippen LogP contribution in [0.3, 0.4) is 0 Å². The van der Waals surface area contributed by atoms with Gasteiger partial charge in [0.25, 0.3) is 11.8 Å². The van der Waals surface area contributed by atoms with E-state index < -0.39 is 22.3 Å². The Hall–Kier alpha value is -2.53. The summed E-state index contributed by atoms with van der Waals surface area (Å²) in [5, 5.41) is 7.03. The van der Waals surface area contributed by atoms with E-state index in [1.54, 1.807) is 18.2 Å². The summed E-state index contributed by atoms with van der Waals surface area (Å²) >= 11 is 5.95. The van der Waals surface area contributed by atoms with E-state index in [0.717, 1.165) is 10.6 Å². The van der Waals surface area contributed by atoms with Crippen molar-refractivity contribution in [2.24, 2.45) is 0 Å². The highest BCUT2D eigenvalue weighted by molar-refractivity contribution is 7.92. The fraction of sp³-hybridized carbons (Fsp3) is 0.267. The number of halogens is 3. The van der Waals surface area contributed by atoms with E-state index >= 15 is 0 Å². The second kappa shape index (κ2) is 7.61. The van der Waals surface area contributed by atoms with E-state index in [1.807, 2.05) is 0 Å². The van der Waals surface area contributed by atoms with E-state index in [2.05, 4.69) is 15.2 Å². The summed E-state index contributed by atoms with van der Waals surface area (Å²) in [7, 11) is -3.67. The van der Waals surface area contributed by atoms with Crippen molar-refractivity contribution in [3.05, 3.63) is 47.3 Å². The third kappa shape index (κ3) is 4.25. The van der Waals surface area contributed by atoms with Gasteiger partial charge < -0.3 is 8.83 Å². The highest BCUT2D eigenvalue weighted by Gasteiger charge is 2.25. The molecule has 0 N–H and O–H groups in total. The molecule has 0 spiro atoms. The number of alkyl halides is 2. The Morgan fingerprint density at radius 2 is 2.07 bits per heavy atom. The summed E-state index contributed by atoms with van der Waals surface area (Å²) < 4.78 is 61.1. The van der Waals surface area contributed by atoms with Crippen LogP contribution in [0.1, 0.15) is 25.1 Å². The van der Waals surface area contributed by atoms with Gasteiger partial charge in [-0.3, -0.25) is 4.31 Å². The van der Waals surface area contributed by atoms with Gasteiger partial charge in [0.05, 0.1) is 11.4 Å². The lowest BCUT2D eigenvalue weighted by molar-refractivity contribution is 0.116. The standard InChI is InChI=1S/C15H13ClF2N4O4S/c1-2-27(23,24)22(10-5-3-4-9(16)6-10)7-12-19-11(8-25-12)14-20-21-15(26-14)13(17)18/h3-6,8,13H,2,7H2,1H3. The summed E-state index contributed by atoms with van der Waals surface area (Å²) in [6.07, 6.45) is -1.79. The van der Waals surface area contributed by atoms with Gasteiger partial charge in [0, 0.05) is 5.02 Å². The molecule has 144 valence electrons. The molecule has 0 aliphatic carbocycles. The molecular weight excluding hydrogens is 406 g/mol. The zero-order valence-corrected chi connectivity index (χ0v) is 15.4. The zero-order chi connectivity index (χ0) is 19.6. The first-order chi connectivity index (χ1) is 12.8. The number of hydrogen-bond donors (Lipinski definition) is 0. The molecule has 0 radical (unpaired) electrons. The first-order valence-corrected chi connectivity index (χ1v) is 9.61. The number of anilines is 1. The molecular formula is C15H13ClF2N4O4S. The van der Waals surface area contributed by atoms with E-state index in [-0.39, 0.29) is 29.8 Å².